The average Bonchev–Trinajstić information content (AvgIpc) is 3.05. The Balaban J connectivity index is 1.71. The van der Waals surface area contributed by atoms with Crippen LogP contribution in [0.4, 0.5) is 5.69 Å². The van der Waals surface area contributed by atoms with Crippen molar-refractivity contribution in [2.45, 2.75) is 13.5 Å². The molecule has 0 bridgehead atoms. The Hall–Kier alpha value is -2.93. The van der Waals surface area contributed by atoms with Crippen LogP contribution in [0.25, 0.3) is 11.4 Å². The fourth-order valence-electron chi connectivity index (χ4n) is 2.29. The standard InChI is InChI=1S/C17H16ClN5O2/c1-11-5-3-4-6-13(11)17-20-22-23(21-17)10-16(24)19-15-9-12(25-2)7-8-14(15)18/h3-9H,10H2,1-2H3,(H,19,24). The molecule has 1 heterocycles. The number of ether oxygens (including phenoxy) is 1. The lowest BCUT2D eigenvalue weighted by molar-refractivity contribution is -0.117. The summed E-state index contributed by atoms with van der Waals surface area (Å²) in [5.74, 6) is 0.759. The van der Waals surface area contributed by atoms with E-state index in [9.17, 15) is 4.79 Å². The highest BCUT2D eigenvalue weighted by atomic mass is 35.5. The van der Waals surface area contributed by atoms with Gasteiger partial charge in [-0.2, -0.15) is 4.80 Å². The third-order valence-corrected chi connectivity index (χ3v) is 3.90. The van der Waals surface area contributed by atoms with Gasteiger partial charge in [-0.1, -0.05) is 35.9 Å². The molecule has 7 nitrogen and oxygen atoms in total. The molecule has 8 heteroatoms. The van der Waals surface area contributed by atoms with E-state index >= 15 is 0 Å². The van der Waals surface area contributed by atoms with Crippen LogP contribution in [0.2, 0.25) is 5.02 Å². The Morgan fingerprint density at radius 1 is 1.28 bits per heavy atom. The van der Waals surface area contributed by atoms with Gasteiger partial charge in [0.1, 0.15) is 12.3 Å². The summed E-state index contributed by atoms with van der Waals surface area (Å²) in [6.07, 6.45) is 0. The number of hydrogen-bond donors (Lipinski definition) is 1. The number of amides is 1. The lowest BCUT2D eigenvalue weighted by atomic mass is 10.1. The van der Waals surface area contributed by atoms with E-state index in [0.717, 1.165) is 11.1 Å². The van der Waals surface area contributed by atoms with Crippen LogP contribution in [-0.4, -0.2) is 33.2 Å². The topological polar surface area (TPSA) is 81.9 Å². The highest BCUT2D eigenvalue weighted by Gasteiger charge is 2.12. The molecule has 128 valence electrons. The lowest BCUT2D eigenvalue weighted by Crippen LogP contribution is -2.20. The fraction of sp³-hybridized carbons (Fsp3) is 0.176. The second kappa shape index (κ2) is 7.31. The van der Waals surface area contributed by atoms with Gasteiger partial charge in [0.15, 0.2) is 0 Å². The first kappa shape index (κ1) is 16.9. The Labute approximate surface area is 149 Å². The van der Waals surface area contributed by atoms with Gasteiger partial charge in [0.05, 0.1) is 17.8 Å². The summed E-state index contributed by atoms with van der Waals surface area (Å²) in [7, 11) is 1.54. The van der Waals surface area contributed by atoms with Gasteiger partial charge in [-0.15, -0.1) is 10.2 Å². The second-order valence-corrected chi connectivity index (χ2v) is 5.76. The van der Waals surface area contributed by atoms with Crippen molar-refractivity contribution in [2.24, 2.45) is 0 Å². The summed E-state index contributed by atoms with van der Waals surface area (Å²) in [4.78, 5) is 13.4. The molecular formula is C17H16ClN5O2. The van der Waals surface area contributed by atoms with Crippen LogP contribution in [0.1, 0.15) is 5.56 Å². The third-order valence-electron chi connectivity index (χ3n) is 3.57. The summed E-state index contributed by atoms with van der Waals surface area (Å²) >= 11 is 6.08. The number of benzene rings is 2. The van der Waals surface area contributed by atoms with Gasteiger partial charge in [0, 0.05) is 11.6 Å². The van der Waals surface area contributed by atoms with E-state index in [4.69, 9.17) is 16.3 Å². The number of nitrogens with one attached hydrogen (secondary N) is 1. The van der Waals surface area contributed by atoms with E-state index in [1.807, 2.05) is 31.2 Å². The van der Waals surface area contributed by atoms with E-state index < -0.39 is 0 Å². The summed E-state index contributed by atoms with van der Waals surface area (Å²) < 4.78 is 5.12. The molecule has 0 saturated carbocycles. The number of anilines is 1. The fourth-order valence-corrected chi connectivity index (χ4v) is 2.45. The second-order valence-electron chi connectivity index (χ2n) is 5.35. The molecule has 25 heavy (non-hydrogen) atoms. The van der Waals surface area contributed by atoms with Crippen LogP contribution in [0.15, 0.2) is 42.5 Å². The molecule has 0 aliphatic rings. The molecule has 0 aliphatic heterocycles. The predicted octanol–water partition coefficient (Wildman–Crippen LogP) is 2.95. The first-order valence-corrected chi connectivity index (χ1v) is 7.92. The Morgan fingerprint density at radius 2 is 2.08 bits per heavy atom. The number of aryl methyl sites for hydroxylation is 1. The van der Waals surface area contributed by atoms with E-state index in [1.54, 1.807) is 25.3 Å². The Kier molecular flexibility index (Phi) is 4.95. The van der Waals surface area contributed by atoms with Crippen LogP contribution in [0.5, 0.6) is 5.75 Å². The molecule has 0 atom stereocenters. The van der Waals surface area contributed by atoms with Gasteiger partial charge >= 0.3 is 0 Å². The van der Waals surface area contributed by atoms with Crippen LogP contribution in [0, 0.1) is 6.92 Å². The smallest absolute Gasteiger partial charge is 0.248 e. The Bertz CT molecular complexity index is 910. The maximum atomic E-state index is 12.2. The van der Waals surface area contributed by atoms with Crippen molar-refractivity contribution >= 4 is 23.2 Å². The number of hydrogen-bond acceptors (Lipinski definition) is 5. The number of tetrazole rings is 1. The quantitative estimate of drug-likeness (QED) is 0.759. The molecule has 1 aromatic heterocycles. The molecule has 2 aromatic carbocycles. The summed E-state index contributed by atoms with van der Waals surface area (Å²) in [6.45, 7) is 1.89. The molecule has 0 unspecified atom stereocenters. The van der Waals surface area contributed by atoms with Crippen LogP contribution < -0.4 is 10.1 Å². The zero-order chi connectivity index (χ0) is 17.8. The van der Waals surface area contributed by atoms with Crippen molar-refractivity contribution in [3.63, 3.8) is 0 Å². The SMILES string of the molecule is COc1ccc(Cl)c(NC(=O)Cn2nnc(-c3ccccc3C)n2)c1. The minimum absolute atomic E-state index is 0.0770. The zero-order valence-corrected chi connectivity index (χ0v) is 14.5. The van der Waals surface area contributed by atoms with Gasteiger partial charge in [-0.3, -0.25) is 4.79 Å². The number of carbonyl (C=O) groups is 1. The minimum Gasteiger partial charge on any atom is -0.497 e. The third kappa shape index (κ3) is 3.95. The molecule has 0 saturated heterocycles. The molecule has 1 N–H and O–H groups in total. The molecule has 3 aromatic rings. The van der Waals surface area contributed by atoms with Crippen molar-refractivity contribution in [1.29, 1.82) is 0 Å². The van der Waals surface area contributed by atoms with Crippen molar-refractivity contribution in [1.82, 2.24) is 20.2 Å². The number of halogens is 1. The normalized spacial score (nSPS) is 10.5. The molecule has 0 spiro atoms. The zero-order valence-electron chi connectivity index (χ0n) is 13.7. The largest absolute Gasteiger partial charge is 0.497 e. The number of nitrogens with zero attached hydrogens (tertiary/aromatic N) is 4. The van der Waals surface area contributed by atoms with Crippen LogP contribution in [-0.2, 0) is 11.3 Å². The lowest BCUT2D eigenvalue weighted by Gasteiger charge is -2.08. The molecule has 0 aliphatic carbocycles. The molecule has 3 rings (SSSR count). The Morgan fingerprint density at radius 3 is 2.84 bits per heavy atom. The molecule has 0 radical (unpaired) electrons. The van der Waals surface area contributed by atoms with Crippen LogP contribution in [0.3, 0.4) is 0 Å². The molecule has 1 amide bonds. The molecule has 0 fully saturated rings. The predicted molar refractivity (Wildman–Crippen MR) is 94.6 cm³/mol. The average molecular weight is 358 g/mol. The van der Waals surface area contributed by atoms with E-state index in [-0.39, 0.29) is 12.5 Å². The monoisotopic (exact) mass is 357 g/mol. The number of methoxy groups -OCH3 is 1. The first-order chi connectivity index (χ1) is 12.1. The van der Waals surface area contributed by atoms with Crippen molar-refractivity contribution in [2.75, 3.05) is 12.4 Å². The summed E-state index contributed by atoms with van der Waals surface area (Å²) in [5, 5.41) is 15.3. The van der Waals surface area contributed by atoms with Crippen molar-refractivity contribution < 1.29 is 9.53 Å². The van der Waals surface area contributed by atoms with Gasteiger partial charge < -0.3 is 10.1 Å². The minimum atomic E-state index is -0.316. The van der Waals surface area contributed by atoms with Crippen LogP contribution >= 0.6 is 11.6 Å². The number of rotatable bonds is 5. The van der Waals surface area contributed by atoms with E-state index in [2.05, 4.69) is 20.7 Å². The summed E-state index contributed by atoms with van der Waals surface area (Å²) in [6, 6.07) is 12.7. The highest BCUT2D eigenvalue weighted by molar-refractivity contribution is 6.33. The maximum absolute atomic E-state index is 12.2. The maximum Gasteiger partial charge on any atom is 0.248 e. The highest BCUT2D eigenvalue weighted by Crippen LogP contribution is 2.26. The van der Waals surface area contributed by atoms with E-state index in [1.165, 1.54) is 4.80 Å². The number of aromatic nitrogens is 4. The van der Waals surface area contributed by atoms with Crippen molar-refractivity contribution in [3.05, 3.63) is 53.1 Å². The van der Waals surface area contributed by atoms with Crippen molar-refractivity contribution in [3.8, 4) is 17.1 Å². The van der Waals surface area contributed by atoms with Gasteiger partial charge in [-0.25, -0.2) is 0 Å². The van der Waals surface area contributed by atoms with Gasteiger partial charge in [0.2, 0.25) is 11.7 Å². The van der Waals surface area contributed by atoms with E-state index in [0.29, 0.717) is 22.3 Å². The first-order valence-electron chi connectivity index (χ1n) is 7.54. The summed E-state index contributed by atoms with van der Waals surface area (Å²) in [5.41, 5.74) is 2.38. The number of carbonyl (C=O) groups excluding carboxylic acids is 1. The molecular weight excluding hydrogens is 342 g/mol. The van der Waals surface area contributed by atoms with Gasteiger partial charge in [-0.05, 0) is 29.8 Å². The van der Waals surface area contributed by atoms with Gasteiger partial charge in [0.25, 0.3) is 0 Å².